The van der Waals surface area contributed by atoms with Crippen LogP contribution in [0.2, 0.25) is 0 Å². The molecule has 142 valence electrons. The van der Waals surface area contributed by atoms with Gasteiger partial charge in [-0.1, -0.05) is 24.3 Å². The molecule has 0 spiro atoms. The van der Waals surface area contributed by atoms with Crippen LogP contribution in [0.1, 0.15) is 24.4 Å². The van der Waals surface area contributed by atoms with Crippen LogP contribution >= 0.6 is 11.5 Å². The molecule has 28 heavy (non-hydrogen) atoms. The molecule has 0 atom stereocenters. The molecule has 6 nitrogen and oxygen atoms in total. The molecule has 2 aromatic heterocycles. The lowest BCUT2D eigenvalue weighted by molar-refractivity contribution is 0.282. The van der Waals surface area contributed by atoms with Gasteiger partial charge in [0.2, 0.25) is 5.43 Å². The van der Waals surface area contributed by atoms with E-state index < -0.39 is 0 Å². The molecule has 0 radical (unpaired) electrons. The third-order valence-corrected chi connectivity index (χ3v) is 6.19. The normalized spacial score (nSPS) is 14.1. The number of aliphatic hydroxyl groups excluding tert-OH is 1. The number of hydrogen-bond acceptors (Lipinski definition) is 5. The molecule has 2 aromatic carbocycles. The molecule has 1 fully saturated rings. The lowest BCUT2D eigenvalue weighted by Crippen LogP contribution is -2.15. The first-order chi connectivity index (χ1) is 13.6. The van der Waals surface area contributed by atoms with Crippen molar-refractivity contribution in [2.24, 2.45) is 0 Å². The Hall–Kier alpha value is -2.90. The van der Waals surface area contributed by atoms with E-state index in [1.807, 2.05) is 30.3 Å². The van der Waals surface area contributed by atoms with Crippen LogP contribution in [0.4, 0.5) is 0 Å². The number of aromatic nitrogens is 2. The van der Waals surface area contributed by atoms with E-state index >= 15 is 0 Å². The number of aromatic amines is 1. The maximum Gasteiger partial charge on any atom is 0.271 e. The van der Waals surface area contributed by atoms with Crippen molar-refractivity contribution < 1.29 is 9.84 Å². The third-order valence-electron chi connectivity index (χ3n) is 5.31. The molecule has 0 amide bonds. The summed E-state index contributed by atoms with van der Waals surface area (Å²) in [4.78, 5) is 26.0. The van der Waals surface area contributed by atoms with Crippen molar-refractivity contribution in [3.05, 3.63) is 62.5 Å². The smallest absolute Gasteiger partial charge is 0.271 e. The van der Waals surface area contributed by atoms with Crippen LogP contribution in [-0.2, 0) is 6.61 Å². The molecule has 4 aromatic rings. The van der Waals surface area contributed by atoms with E-state index in [0.717, 1.165) is 35.0 Å². The van der Waals surface area contributed by atoms with Crippen LogP contribution in [0.25, 0.3) is 32.2 Å². The summed E-state index contributed by atoms with van der Waals surface area (Å²) in [5.41, 5.74) is 2.79. The van der Waals surface area contributed by atoms with Crippen molar-refractivity contribution in [1.29, 1.82) is 0 Å². The first-order valence-electron chi connectivity index (χ1n) is 9.10. The van der Waals surface area contributed by atoms with E-state index in [9.17, 15) is 14.7 Å². The number of fused-ring (bicyclic) bond motifs is 2. The number of methoxy groups -OCH3 is 1. The highest BCUT2D eigenvalue weighted by molar-refractivity contribution is 7.12. The summed E-state index contributed by atoms with van der Waals surface area (Å²) in [7, 11) is 1.60. The number of nitrogens with one attached hydrogen (secondary N) is 1. The SMILES string of the molecule is COc1c(-c2ccc(CO)cc2)ccc2c(=O)c3c(=O)[nH]sc3n(C3CC3)c12. The minimum atomic E-state index is -0.330. The number of nitrogens with zero attached hydrogens (tertiary/aromatic N) is 1. The number of benzene rings is 2. The van der Waals surface area contributed by atoms with Gasteiger partial charge in [-0.15, -0.1) is 0 Å². The summed E-state index contributed by atoms with van der Waals surface area (Å²) in [5, 5.41) is 10.0. The molecule has 1 aliphatic carbocycles. The highest BCUT2D eigenvalue weighted by atomic mass is 32.1. The van der Waals surface area contributed by atoms with Gasteiger partial charge in [0.1, 0.15) is 10.2 Å². The Morgan fingerprint density at radius 1 is 1.18 bits per heavy atom. The molecule has 2 N–H and O–H groups in total. The molecular formula is C21H18N2O4S. The van der Waals surface area contributed by atoms with Gasteiger partial charge in [-0.3, -0.25) is 14.0 Å². The molecule has 7 heteroatoms. The van der Waals surface area contributed by atoms with Gasteiger partial charge < -0.3 is 14.4 Å². The summed E-state index contributed by atoms with van der Waals surface area (Å²) >= 11 is 1.21. The topological polar surface area (TPSA) is 84.3 Å². The van der Waals surface area contributed by atoms with Crippen LogP contribution in [-0.4, -0.2) is 21.2 Å². The van der Waals surface area contributed by atoms with Gasteiger partial charge >= 0.3 is 0 Å². The molecule has 0 aliphatic heterocycles. The van der Waals surface area contributed by atoms with Crippen LogP contribution < -0.4 is 15.7 Å². The van der Waals surface area contributed by atoms with E-state index in [0.29, 0.717) is 16.0 Å². The zero-order chi connectivity index (χ0) is 19.4. The Bertz CT molecular complexity index is 1330. The lowest BCUT2D eigenvalue weighted by Gasteiger charge is -2.17. The summed E-state index contributed by atoms with van der Waals surface area (Å²) in [6.45, 7) is -0.0131. The van der Waals surface area contributed by atoms with Crippen LogP contribution in [0.5, 0.6) is 5.75 Å². The predicted octanol–water partition coefficient (Wildman–Crippen LogP) is 3.41. The van der Waals surface area contributed by atoms with Crippen LogP contribution in [0.15, 0.2) is 46.0 Å². The van der Waals surface area contributed by atoms with Gasteiger partial charge in [-0.2, -0.15) is 0 Å². The molecule has 1 aliphatic rings. The van der Waals surface area contributed by atoms with Gasteiger partial charge in [0, 0.05) is 11.6 Å². The van der Waals surface area contributed by atoms with Crippen LogP contribution in [0, 0.1) is 0 Å². The van der Waals surface area contributed by atoms with Gasteiger partial charge in [-0.05, 0) is 47.6 Å². The van der Waals surface area contributed by atoms with Crippen molar-refractivity contribution in [2.45, 2.75) is 25.5 Å². The first kappa shape index (κ1) is 17.2. The molecule has 5 rings (SSSR count). The number of rotatable bonds is 4. The largest absolute Gasteiger partial charge is 0.494 e. The van der Waals surface area contributed by atoms with Crippen molar-refractivity contribution in [3.8, 4) is 16.9 Å². The fourth-order valence-corrected chi connectivity index (χ4v) is 4.72. The van der Waals surface area contributed by atoms with E-state index in [4.69, 9.17) is 4.74 Å². The van der Waals surface area contributed by atoms with E-state index in [-0.39, 0.29) is 29.0 Å². The van der Waals surface area contributed by atoms with Crippen LogP contribution in [0.3, 0.4) is 0 Å². The second-order valence-electron chi connectivity index (χ2n) is 7.04. The summed E-state index contributed by atoms with van der Waals surface area (Å²) in [6.07, 6.45) is 2.02. The summed E-state index contributed by atoms with van der Waals surface area (Å²) in [6, 6.07) is 11.5. The maximum absolute atomic E-state index is 13.1. The average molecular weight is 394 g/mol. The van der Waals surface area contributed by atoms with Gasteiger partial charge in [-0.25, -0.2) is 0 Å². The standard InChI is InChI=1S/C21H18N2O4S/c1-27-19-14(12-4-2-11(10-24)3-5-12)8-9-15-17(19)23(13-6-7-13)21-16(18(15)25)20(26)22-28-21/h2-5,8-9,13,24H,6-7,10H2,1H3,(H,22,26). The molecule has 0 unspecified atom stereocenters. The number of pyridine rings is 1. The van der Waals surface area contributed by atoms with Gasteiger partial charge in [0.05, 0.1) is 24.6 Å². The Kier molecular flexibility index (Phi) is 3.89. The molecule has 2 heterocycles. The first-order valence-corrected chi connectivity index (χ1v) is 9.92. The molecular weight excluding hydrogens is 376 g/mol. The van der Waals surface area contributed by atoms with E-state index in [2.05, 4.69) is 8.94 Å². The van der Waals surface area contributed by atoms with Crippen molar-refractivity contribution in [3.63, 3.8) is 0 Å². The monoisotopic (exact) mass is 394 g/mol. The Labute approximate surface area is 163 Å². The van der Waals surface area contributed by atoms with Crippen molar-refractivity contribution >= 4 is 32.7 Å². The lowest BCUT2D eigenvalue weighted by atomic mass is 10.00. The molecule has 1 saturated carbocycles. The van der Waals surface area contributed by atoms with Crippen molar-refractivity contribution in [1.82, 2.24) is 8.94 Å². The highest BCUT2D eigenvalue weighted by Gasteiger charge is 2.30. The quantitative estimate of drug-likeness (QED) is 0.556. The molecule has 0 bridgehead atoms. The number of ether oxygens (including phenoxy) is 1. The summed E-state index contributed by atoms with van der Waals surface area (Å²) in [5.74, 6) is 0.626. The second-order valence-corrected chi connectivity index (χ2v) is 7.84. The summed E-state index contributed by atoms with van der Waals surface area (Å²) < 4.78 is 10.6. The highest BCUT2D eigenvalue weighted by Crippen LogP contribution is 2.44. The zero-order valence-corrected chi connectivity index (χ0v) is 16.0. The Morgan fingerprint density at radius 3 is 2.57 bits per heavy atom. The maximum atomic E-state index is 13.1. The average Bonchev–Trinajstić information content (AvgIpc) is 3.49. The Balaban J connectivity index is 1.91. The van der Waals surface area contributed by atoms with E-state index in [1.165, 1.54) is 11.5 Å². The zero-order valence-electron chi connectivity index (χ0n) is 15.2. The van der Waals surface area contributed by atoms with Gasteiger partial charge in [0.15, 0.2) is 5.75 Å². The minimum absolute atomic E-state index is 0.0131. The second kappa shape index (κ2) is 6.32. The van der Waals surface area contributed by atoms with Gasteiger partial charge in [0.25, 0.3) is 5.56 Å². The predicted molar refractivity (Wildman–Crippen MR) is 110 cm³/mol. The molecule has 0 saturated heterocycles. The fraction of sp³-hybridized carbons (Fsp3) is 0.238. The fourth-order valence-electron chi connectivity index (χ4n) is 3.80. The van der Waals surface area contributed by atoms with Crippen molar-refractivity contribution in [2.75, 3.05) is 7.11 Å². The Morgan fingerprint density at radius 2 is 1.93 bits per heavy atom. The minimum Gasteiger partial charge on any atom is -0.494 e. The number of H-pyrrole nitrogens is 1. The van der Waals surface area contributed by atoms with E-state index in [1.54, 1.807) is 13.2 Å². The third kappa shape index (κ3) is 2.43. The number of aliphatic hydroxyl groups is 1. The number of hydrogen-bond donors (Lipinski definition) is 2.